The number of halogens is 1. The molecule has 0 aromatic heterocycles. The van der Waals surface area contributed by atoms with Gasteiger partial charge in [0, 0.05) is 5.02 Å². The van der Waals surface area contributed by atoms with Crippen molar-refractivity contribution in [2.45, 2.75) is 44.6 Å². The lowest BCUT2D eigenvalue weighted by atomic mass is 9.93. The number of benzene rings is 1. The van der Waals surface area contributed by atoms with Gasteiger partial charge in [0.2, 0.25) is 0 Å². The number of carboxylic acid groups (broad SMARTS) is 1. The molecule has 6 heteroatoms. The predicted octanol–water partition coefficient (Wildman–Crippen LogP) is 2.93. The highest BCUT2D eigenvalue weighted by atomic mass is 35.5. The largest absolute Gasteiger partial charge is 0.484 e. The molecule has 22 heavy (non-hydrogen) atoms. The molecule has 2 N–H and O–H groups in total. The molecule has 5 nitrogen and oxygen atoms in total. The minimum absolute atomic E-state index is 0.0429. The van der Waals surface area contributed by atoms with Crippen LogP contribution in [0.5, 0.6) is 5.75 Å². The van der Waals surface area contributed by atoms with Crippen molar-refractivity contribution in [2.24, 2.45) is 0 Å². The van der Waals surface area contributed by atoms with Crippen molar-refractivity contribution in [3.05, 3.63) is 28.8 Å². The first-order valence-electron chi connectivity index (χ1n) is 7.32. The second-order valence-electron chi connectivity index (χ2n) is 5.80. The molecule has 1 amide bonds. The smallest absolute Gasteiger partial charge is 0.305 e. The fourth-order valence-electron chi connectivity index (χ4n) is 2.94. The van der Waals surface area contributed by atoms with E-state index in [0.29, 0.717) is 23.6 Å². The Labute approximate surface area is 134 Å². The van der Waals surface area contributed by atoms with Gasteiger partial charge in [0.05, 0.1) is 12.0 Å². The first kappa shape index (κ1) is 16.6. The third-order valence-corrected chi connectivity index (χ3v) is 4.19. The van der Waals surface area contributed by atoms with E-state index in [4.69, 9.17) is 21.4 Å². The highest BCUT2D eigenvalue weighted by Crippen LogP contribution is 2.32. The summed E-state index contributed by atoms with van der Waals surface area (Å²) in [7, 11) is 0. The minimum atomic E-state index is -0.892. The van der Waals surface area contributed by atoms with Gasteiger partial charge in [0.1, 0.15) is 5.75 Å². The summed E-state index contributed by atoms with van der Waals surface area (Å²) in [6.07, 6.45) is 3.23. The molecule has 0 saturated heterocycles. The van der Waals surface area contributed by atoms with Gasteiger partial charge in [-0.15, -0.1) is 0 Å². The molecular weight excluding hydrogens is 306 g/mol. The van der Waals surface area contributed by atoms with Crippen molar-refractivity contribution >= 4 is 23.5 Å². The van der Waals surface area contributed by atoms with E-state index in [-0.39, 0.29) is 18.9 Å². The molecule has 120 valence electrons. The summed E-state index contributed by atoms with van der Waals surface area (Å²) in [6.45, 7) is 1.71. The lowest BCUT2D eigenvalue weighted by Gasteiger charge is -2.28. The number of aryl methyl sites for hydroxylation is 1. The highest BCUT2D eigenvalue weighted by Gasteiger charge is 2.37. The van der Waals surface area contributed by atoms with Crippen molar-refractivity contribution in [2.75, 3.05) is 6.61 Å². The number of carbonyl (C=O) groups excluding carboxylic acids is 1. The second kappa shape index (κ2) is 7.01. The fraction of sp³-hybridized carbons (Fsp3) is 0.500. The number of carboxylic acids is 1. The van der Waals surface area contributed by atoms with Crippen LogP contribution in [0.3, 0.4) is 0 Å². The van der Waals surface area contributed by atoms with Crippen LogP contribution >= 0.6 is 11.6 Å². The summed E-state index contributed by atoms with van der Waals surface area (Å²) >= 11 is 5.87. The molecule has 1 aliphatic carbocycles. The first-order valence-corrected chi connectivity index (χ1v) is 7.70. The SMILES string of the molecule is Cc1cc(Cl)ccc1OCC(=O)NC1(CC(=O)O)CCCC1. The summed E-state index contributed by atoms with van der Waals surface area (Å²) in [4.78, 5) is 23.1. The van der Waals surface area contributed by atoms with E-state index in [9.17, 15) is 9.59 Å². The number of hydrogen-bond acceptors (Lipinski definition) is 3. The molecule has 0 unspecified atom stereocenters. The third-order valence-electron chi connectivity index (χ3n) is 3.95. The standard InChI is InChI=1S/C16H20ClNO4/c1-11-8-12(17)4-5-13(11)22-10-14(19)18-16(9-15(20)21)6-2-3-7-16/h4-5,8H,2-3,6-7,9-10H2,1H3,(H,18,19)(H,20,21). The van der Waals surface area contributed by atoms with Gasteiger partial charge < -0.3 is 15.2 Å². The zero-order valence-corrected chi connectivity index (χ0v) is 13.3. The monoisotopic (exact) mass is 325 g/mol. The summed E-state index contributed by atoms with van der Waals surface area (Å²) in [5.41, 5.74) is 0.225. The highest BCUT2D eigenvalue weighted by molar-refractivity contribution is 6.30. The number of ether oxygens (including phenoxy) is 1. The van der Waals surface area contributed by atoms with Crippen molar-refractivity contribution in [1.82, 2.24) is 5.32 Å². The maximum absolute atomic E-state index is 12.1. The Hall–Kier alpha value is -1.75. The van der Waals surface area contributed by atoms with Gasteiger partial charge in [-0.25, -0.2) is 0 Å². The lowest BCUT2D eigenvalue weighted by molar-refractivity contribution is -0.139. The van der Waals surface area contributed by atoms with Crippen LogP contribution < -0.4 is 10.1 Å². The molecule has 0 aliphatic heterocycles. The number of hydrogen-bond donors (Lipinski definition) is 2. The second-order valence-corrected chi connectivity index (χ2v) is 6.24. The van der Waals surface area contributed by atoms with Gasteiger partial charge in [0.15, 0.2) is 6.61 Å². The Morgan fingerprint density at radius 3 is 2.64 bits per heavy atom. The van der Waals surface area contributed by atoms with Crippen molar-refractivity contribution in [3.63, 3.8) is 0 Å². The van der Waals surface area contributed by atoms with E-state index < -0.39 is 11.5 Å². The predicted molar refractivity (Wildman–Crippen MR) is 83.3 cm³/mol. The maximum atomic E-state index is 12.1. The van der Waals surface area contributed by atoms with Crippen LogP contribution in [0.2, 0.25) is 5.02 Å². The molecule has 1 aromatic rings. The van der Waals surface area contributed by atoms with Crippen LogP contribution in [0, 0.1) is 6.92 Å². The molecule has 0 radical (unpaired) electrons. The van der Waals surface area contributed by atoms with Crippen LogP contribution in [0.25, 0.3) is 0 Å². The van der Waals surface area contributed by atoms with E-state index in [0.717, 1.165) is 18.4 Å². The number of nitrogens with one attached hydrogen (secondary N) is 1. The van der Waals surface area contributed by atoms with Gasteiger partial charge >= 0.3 is 5.97 Å². The van der Waals surface area contributed by atoms with Crippen molar-refractivity contribution in [3.8, 4) is 5.75 Å². The van der Waals surface area contributed by atoms with Gasteiger partial charge in [-0.05, 0) is 43.5 Å². The Morgan fingerprint density at radius 1 is 1.36 bits per heavy atom. The Balaban J connectivity index is 1.92. The fourth-order valence-corrected chi connectivity index (χ4v) is 3.16. The molecule has 0 spiro atoms. The molecule has 0 heterocycles. The van der Waals surface area contributed by atoms with E-state index in [1.54, 1.807) is 18.2 Å². The van der Waals surface area contributed by atoms with Crippen molar-refractivity contribution < 1.29 is 19.4 Å². The summed E-state index contributed by atoms with van der Waals surface area (Å²) in [5, 5.41) is 12.5. The minimum Gasteiger partial charge on any atom is -0.484 e. The number of amides is 1. The van der Waals surface area contributed by atoms with Gasteiger partial charge in [-0.3, -0.25) is 9.59 Å². The van der Waals surface area contributed by atoms with E-state index in [2.05, 4.69) is 5.32 Å². The Bertz CT molecular complexity index is 567. The van der Waals surface area contributed by atoms with Crippen LogP contribution in [-0.2, 0) is 9.59 Å². The van der Waals surface area contributed by atoms with Crippen molar-refractivity contribution in [1.29, 1.82) is 0 Å². The Kier molecular flexibility index (Phi) is 5.29. The molecule has 1 aliphatic rings. The van der Waals surface area contributed by atoms with E-state index >= 15 is 0 Å². The normalized spacial score (nSPS) is 16.3. The van der Waals surface area contributed by atoms with Crippen LogP contribution in [0.15, 0.2) is 18.2 Å². The van der Waals surface area contributed by atoms with Gasteiger partial charge in [0.25, 0.3) is 5.91 Å². The quantitative estimate of drug-likeness (QED) is 0.843. The molecule has 1 fully saturated rings. The topological polar surface area (TPSA) is 75.6 Å². The molecule has 1 saturated carbocycles. The van der Waals surface area contributed by atoms with Crippen LogP contribution in [0.4, 0.5) is 0 Å². The summed E-state index contributed by atoms with van der Waals surface area (Å²) in [5.74, 6) is -0.590. The van der Waals surface area contributed by atoms with Crippen LogP contribution in [0.1, 0.15) is 37.7 Å². The first-order chi connectivity index (χ1) is 10.4. The molecule has 0 atom stereocenters. The zero-order valence-electron chi connectivity index (χ0n) is 12.5. The molecular formula is C16H20ClNO4. The van der Waals surface area contributed by atoms with E-state index in [1.165, 1.54) is 0 Å². The van der Waals surface area contributed by atoms with Crippen LogP contribution in [-0.4, -0.2) is 29.1 Å². The average Bonchev–Trinajstić information content (AvgIpc) is 2.84. The lowest BCUT2D eigenvalue weighted by Crippen LogP contribution is -2.49. The zero-order chi connectivity index (χ0) is 16.2. The summed E-state index contributed by atoms with van der Waals surface area (Å²) < 4.78 is 5.50. The Morgan fingerprint density at radius 2 is 2.05 bits per heavy atom. The number of rotatable bonds is 6. The maximum Gasteiger partial charge on any atom is 0.305 e. The summed E-state index contributed by atoms with van der Waals surface area (Å²) in [6, 6.07) is 5.18. The van der Waals surface area contributed by atoms with E-state index in [1.807, 2.05) is 6.92 Å². The average molecular weight is 326 g/mol. The molecule has 0 bridgehead atoms. The molecule has 2 rings (SSSR count). The number of carbonyl (C=O) groups is 2. The van der Waals surface area contributed by atoms with Gasteiger partial charge in [-0.2, -0.15) is 0 Å². The number of aliphatic carboxylic acids is 1. The third kappa shape index (κ3) is 4.37. The molecule has 1 aromatic carbocycles. The van der Waals surface area contributed by atoms with Gasteiger partial charge in [-0.1, -0.05) is 24.4 Å².